The Morgan fingerprint density at radius 1 is 1.50 bits per heavy atom. The van der Waals surface area contributed by atoms with Crippen molar-refractivity contribution < 1.29 is 10.2 Å². The van der Waals surface area contributed by atoms with Crippen molar-refractivity contribution in [1.29, 1.82) is 0 Å². The van der Waals surface area contributed by atoms with Gasteiger partial charge in [0.15, 0.2) is 0 Å². The van der Waals surface area contributed by atoms with Crippen LogP contribution in [0.15, 0.2) is 36.3 Å². The Morgan fingerprint density at radius 2 is 2.20 bits per heavy atom. The molecule has 0 unspecified atom stereocenters. The molecule has 0 rings (SSSR count). The average Bonchev–Trinajstić information content (AvgIpc) is 1.89. The van der Waals surface area contributed by atoms with Crippen LogP contribution in [0.3, 0.4) is 0 Å². The quantitative estimate of drug-likeness (QED) is 0.467. The third-order valence-corrected chi connectivity index (χ3v) is 0.906. The predicted octanol–water partition coefficient (Wildman–Crippen LogP) is 2.47. The van der Waals surface area contributed by atoms with Crippen molar-refractivity contribution >= 4 is 0 Å². The van der Waals surface area contributed by atoms with Crippen LogP contribution in [0.5, 0.6) is 0 Å². The number of rotatable bonds is 3. The molecule has 0 aromatic rings. The maximum absolute atomic E-state index is 8.93. The summed E-state index contributed by atoms with van der Waals surface area (Å²) in [5.41, 5.74) is 0. The van der Waals surface area contributed by atoms with E-state index >= 15 is 0 Å². The molecule has 0 saturated heterocycles. The van der Waals surface area contributed by atoms with E-state index in [1.165, 1.54) is 0 Å². The van der Waals surface area contributed by atoms with Gasteiger partial charge in [0, 0.05) is 0 Å². The molecule has 0 aromatic heterocycles. The van der Waals surface area contributed by atoms with Crippen LogP contribution in [0.2, 0.25) is 0 Å². The summed E-state index contributed by atoms with van der Waals surface area (Å²) in [6, 6.07) is 0. The zero-order valence-electron chi connectivity index (χ0n) is 5.99. The molecule has 0 aromatic carbocycles. The maximum atomic E-state index is 8.93. The first-order chi connectivity index (χ1) is 4.81. The molecular weight excluding hydrogens is 128 g/mol. The van der Waals surface area contributed by atoms with Crippen LogP contribution in [-0.2, 0) is 0 Å². The molecule has 0 amide bonds. The fraction of sp³-hybridized carbons (Fsp3) is 0.250. The van der Waals surface area contributed by atoms with E-state index < -0.39 is 0 Å². The third-order valence-electron chi connectivity index (χ3n) is 0.906. The predicted molar refractivity (Wildman–Crippen MR) is 41.9 cm³/mol. The van der Waals surface area contributed by atoms with Gasteiger partial charge in [-0.3, -0.25) is 0 Å². The highest BCUT2D eigenvalue weighted by Gasteiger charge is 1.79. The second-order valence-corrected chi connectivity index (χ2v) is 1.75. The van der Waals surface area contributed by atoms with Crippen molar-refractivity contribution in [2.75, 3.05) is 0 Å². The van der Waals surface area contributed by atoms with Gasteiger partial charge in [0.25, 0.3) is 0 Å². The van der Waals surface area contributed by atoms with Gasteiger partial charge >= 0.3 is 0 Å². The Hall–Kier alpha value is -1.18. The first-order valence-corrected chi connectivity index (χ1v) is 3.12. The molecule has 0 radical (unpaired) electrons. The zero-order chi connectivity index (χ0) is 7.82. The number of aliphatic hydroxyl groups excluding tert-OH is 2. The van der Waals surface area contributed by atoms with E-state index in [4.69, 9.17) is 10.2 Å². The van der Waals surface area contributed by atoms with Crippen LogP contribution in [0.4, 0.5) is 0 Å². The monoisotopic (exact) mass is 140 g/mol. The van der Waals surface area contributed by atoms with Gasteiger partial charge in [0.1, 0.15) is 5.76 Å². The van der Waals surface area contributed by atoms with Gasteiger partial charge < -0.3 is 10.2 Å². The van der Waals surface area contributed by atoms with Crippen LogP contribution in [0.1, 0.15) is 13.3 Å². The standard InChI is InChI=1S/C8H12O2/c1-2-5-8(10)6-3-4-7-9/h2,4-7,9-10H,3H2,1H3/b5-2+,7-4+,8-6+. The molecule has 2 N–H and O–H groups in total. The van der Waals surface area contributed by atoms with Gasteiger partial charge in [0.05, 0.1) is 6.26 Å². The van der Waals surface area contributed by atoms with E-state index in [1.54, 1.807) is 24.3 Å². The second-order valence-electron chi connectivity index (χ2n) is 1.75. The largest absolute Gasteiger partial charge is 0.516 e. The highest BCUT2D eigenvalue weighted by atomic mass is 16.3. The van der Waals surface area contributed by atoms with Crippen LogP contribution < -0.4 is 0 Å². The van der Waals surface area contributed by atoms with E-state index in [-0.39, 0.29) is 5.76 Å². The van der Waals surface area contributed by atoms with Crippen molar-refractivity contribution in [3.63, 3.8) is 0 Å². The number of hydrogen-bond acceptors (Lipinski definition) is 2. The molecule has 0 heterocycles. The summed E-state index contributed by atoms with van der Waals surface area (Å²) in [5.74, 6) is 0.223. The molecule has 0 bridgehead atoms. The fourth-order valence-corrected chi connectivity index (χ4v) is 0.488. The minimum atomic E-state index is 0.223. The highest BCUT2D eigenvalue weighted by molar-refractivity contribution is 5.10. The molecular formula is C8H12O2. The summed E-state index contributed by atoms with van der Waals surface area (Å²) in [5, 5.41) is 17.1. The summed E-state index contributed by atoms with van der Waals surface area (Å²) < 4.78 is 0. The Bertz CT molecular complexity index is 155. The third kappa shape index (κ3) is 4.97. The minimum Gasteiger partial charge on any atom is -0.516 e. The van der Waals surface area contributed by atoms with E-state index in [9.17, 15) is 0 Å². The molecule has 0 saturated carbocycles. The molecule has 56 valence electrons. The van der Waals surface area contributed by atoms with Gasteiger partial charge in [0.2, 0.25) is 0 Å². The lowest BCUT2D eigenvalue weighted by molar-refractivity contribution is 0.430. The lowest BCUT2D eigenvalue weighted by Gasteiger charge is -1.86. The first-order valence-electron chi connectivity index (χ1n) is 3.12. The van der Waals surface area contributed by atoms with Gasteiger partial charge in [-0.1, -0.05) is 6.08 Å². The Balaban J connectivity index is 3.68. The Labute approximate surface area is 60.8 Å². The number of aliphatic hydroxyl groups is 2. The smallest absolute Gasteiger partial charge is 0.111 e. The van der Waals surface area contributed by atoms with Gasteiger partial charge in [-0.2, -0.15) is 0 Å². The fourth-order valence-electron chi connectivity index (χ4n) is 0.488. The molecule has 0 aliphatic heterocycles. The summed E-state index contributed by atoms with van der Waals surface area (Å²) in [6.45, 7) is 1.83. The second kappa shape index (κ2) is 5.95. The van der Waals surface area contributed by atoms with E-state index in [0.29, 0.717) is 6.42 Å². The summed E-state index contributed by atoms with van der Waals surface area (Å²) in [4.78, 5) is 0. The number of hydrogen-bond donors (Lipinski definition) is 2. The van der Waals surface area contributed by atoms with Gasteiger partial charge in [-0.05, 0) is 31.6 Å². The molecule has 0 aliphatic rings. The minimum absolute atomic E-state index is 0.223. The molecule has 0 atom stereocenters. The topological polar surface area (TPSA) is 40.5 Å². The Kier molecular flexibility index (Phi) is 5.25. The van der Waals surface area contributed by atoms with E-state index in [1.807, 2.05) is 6.92 Å². The molecule has 0 aliphatic carbocycles. The normalized spacial score (nSPS) is 13.5. The van der Waals surface area contributed by atoms with Crippen LogP contribution in [0.25, 0.3) is 0 Å². The SMILES string of the molecule is C/C=C/C(O)=C\C/C=C/O. The first kappa shape index (κ1) is 8.82. The van der Waals surface area contributed by atoms with E-state index in [2.05, 4.69) is 0 Å². The molecule has 10 heavy (non-hydrogen) atoms. The average molecular weight is 140 g/mol. The summed E-state index contributed by atoms with van der Waals surface area (Å²) in [6.07, 6.45) is 7.98. The van der Waals surface area contributed by atoms with E-state index in [0.717, 1.165) is 6.26 Å². The van der Waals surface area contributed by atoms with Crippen molar-refractivity contribution in [3.05, 3.63) is 36.3 Å². The highest BCUT2D eigenvalue weighted by Crippen LogP contribution is 1.94. The number of allylic oxidation sites excluding steroid dienone is 4. The summed E-state index contributed by atoms with van der Waals surface area (Å²) >= 11 is 0. The lowest BCUT2D eigenvalue weighted by Crippen LogP contribution is -1.71. The summed E-state index contributed by atoms with van der Waals surface area (Å²) in [7, 11) is 0. The molecule has 0 fully saturated rings. The zero-order valence-corrected chi connectivity index (χ0v) is 5.99. The van der Waals surface area contributed by atoms with Crippen molar-refractivity contribution in [3.8, 4) is 0 Å². The van der Waals surface area contributed by atoms with Gasteiger partial charge in [-0.25, -0.2) is 0 Å². The molecule has 2 nitrogen and oxygen atoms in total. The maximum Gasteiger partial charge on any atom is 0.111 e. The van der Waals surface area contributed by atoms with Crippen molar-refractivity contribution in [2.24, 2.45) is 0 Å². The van der Waals surface area contributed by atoms with Crippen LogP contribution in [-0.4, -0.2) is 10.2 Å². The molecule has 2 heteroatoms. The van der Waals surface area contributed by atoms with Crippen LogP contribution >= 0.6 is 0 Å². The Morgan fingerprint density at radius 3 is 2.70 bits per heavy atom. The lowest BCUT2D eigenvalue weighted by atomic mass is 10.3. The van der Waals surface area contributed by atoms with Gasteiger partial charge in [-0.15, -0.1) is 0 Å². The van der Waals surface area contributed by atoms with Crippen LogP contribution in [0, 0.1) is 0 Å². The van der Waals surface area contributed by atoms with Crippen molar-refractivity contribution in [2.45, 2.75) is 13.3 Å². The molecule has 0 spiro atoms. The van der Waals surface area contributed by atoms with Crippen molar-refractivity contribution in [1.82, 2.24) is 0 Å².